The van der Waals surface area contributed by atoms with Crippen molar-refractivity contribution in [1.82, 2.24) is 0 Å². The van der Waals surface area contributed by atoms with Gasteiger partial charge in [0.05, 0.1) is 0 Å². The van der Waals surface area contributed by atoms with Crippen molar-refractivity contribution >= 4 is 17.9 Å². The SMILES string of the molecule is CCCCCCCCCCCCCC(=O)OC[C@@H](COC(=O)CCCCCCCCCCCCCCCC(C)C)OC(=O)CCCCCCCCCCCCCCCCCCCCC(C)C. The number of carbonyl (C=O) groups is 3. The van der Waals surface area contributed by atoms with E-state index in [0.717, 1.165) is 69.6 Å². The zero-order valence-corrected chi connectivity index (χ0v) is 45.3. The Morgan fingerprint density at radius 1 is 0.288 bits per heavy atom. The lowest BCUT2D eigenvalue weighted by Gasteiger charge is -2.18. The Morgan fingerprint density at radius 3 is 0.742 bits per heavy atom. The summed E-state index contributed by atoms with van der Waals surface area (Å²) < 4.78 is 16.9. The maximum Gasteiger partial charge on any atom is 0.306 e. The molecule has 392 valence electrons. The Bertz CT molecular complexity index is 1010. The molecule has 0 aliphatic carbocycles. The van der Waals surface area contributed by atoms with Crippen LogP contribution in [0, 0.1) is 11.8 Å². The first-order valence-corrected chi connectivity index (χ1v) is 29.7. The smallest absolute Gasteiger partial charge is 0.306 e. The molecule has 0 amide bonds. The van der Waals surface area contributed by atoms with Gasteiger partial charge in [-0.1, -0.05) is 298 Å². The van der Waals surface area contributed by atoms with Crippen molar-refractivity contribution in [3.05, 3.63) is 0 Å². The maximum atomic E-state index is 12.9. The van der Waals surface area contributed by atoms with Crippen molar-refractivity contribution in [2.45, 2.75) is 343 Å². The van der Waals surface area contributed by atoms with E-state index in [1.807, 2.05) is 0 Å². The summed E-state index contributed by atoms with van der Waals surface area (Å²) in [5.74, 6) is 0.860. The van der Waals surface area contributed by atoms with Gasteiger partial charge >= 0.3 is 17.9 Å². The van der Waals surface area contributed by atoms with Crippen LogP contribution in [0.1, 0.15) is 336 Å². The van der Waals surface area contributed by atoms with E-state index < -0.39 is 6.10 Å². The largest absolute Gasteiger partial charge is 0.462 e. The van der Waals surface area contributed by atoms with Crippen molar-refractivity contribution < 1.29 is 28.6 Å². The van der Waals surface area contributed by atoms with Crippen molar-refractivity contribution in [2.24, 2.45) is 11.8 Å². The quantitative estimate of drug-likeness (QED) is 0.0343. The second-order valence-electron chi connectivity index (χ2n) is 21.6. The molecule has 66 heavy (non-hydrogen) atoms. The molecule has 0 heterocycles. The normalized spacial score (nSPS) is 12.0. The lowest BCUT2D eigenvalue weighted by atomic mass is 10.0. The number of esters is 3. The van der Waals surface area contributed by atoms with Gasteiger partial charge in [-0.05, 0) is 31.1 Å². The number of carbonyl (C=O) groups excluding carboxylic acids is 3. The molecule has 0 saturated carbocycles. The number of ether oxygens (including phenoxy) is 3. The van der Waals surface area contributed by atoms with Crippen LogP contribution in [0.2, 0.25) is 0 Å². The van der Waals surface area contributed by atoms with E-state index >= 15 is 0 Å². The standard InChI is InChI=1S/C60H116O6/c1-6-7-8-9-10-11-23-30-35-40-45-50-58(61)64-53-57(54-65-59(62)51-46-41-36-31-26-22-18-20-25-29-34-39-44-49-56(4)5)66-60(63)52-47-42-37-32-27-21-17-15-13-12-14-16-19-24-28-33-38-43-48-55(2)3/h55-57H,6-54H2,1-5H3/t57-/m0/s1. The number of hydrogen-bond donors (Lipinski definition) is 0. The van der Waals surface area contributed by atoms with Gasteiger partial charge in [0.15, 0.2) is 6.10 Å². The van der Waals surface area contributed by atoms with Crippen LogP contribution in [0.5, 0.6) is 0 Å². The number of rotatable bonds is 54. The second-order valence-corrected chi connectivity index (χ2v) is 21.6. The molecule has 0 rings (SSSR count). The first kappa shape index (κ1) is 64.4. The van der Waals surface area contributed by atoms with Gasteiger partial charge < -0.3 is 14.2 Å². The predicted molar refractivity (Wildman–Crippen MR) is 284 cm³/mol. The molecule has 6 heteroatoms. The van der Waals surface area contributed by atoms with Crippen LogP contribution in [0.3, 0.4) is 0 Å². The van der Waals surface area contributed by atoms with Crippen LogP contribution in [-0.4, -0.2) is 37.2 Å². The fourth-order valence-electron chi connectivity index (χ4n) is 9.23. The number of unbranched alkanes of at least 4 members (excludes halogenated alkanes) is 39. The molecule has 0 aliphatic rings. The molecule has 0 spiro atoms. The Morgan fingerprint density at radius 2 is 0.500 bits per heavy atom. The Labute approximate surface area is 412 Å². The molecule has 0 aliphatic heterocycles. The van der Waals surface area contributed by atoms with Crippen molar-refractivity contribution in [3.63, 3.8) is 0 Å². The molecule has 0 aromatic carbocycles. The van der Waals surface area contributed by atoms with E-state index in [1.54, 1.807) is 0 Å². The summed E-state index contributed by atoms with van der Waals surface area (Å²) in [4.78, 5) is 38.1. The highest BCUT2D eigenvalue weighted by Crippen LogP contribution is 2.18. The molecule has 0 saturated heterocycles. The highest BCUT2D eigenvalue weighted by Gasteiger charge is 2.19. The van der Waals surface area contributed by atoms with Gasteiger partial charge in [-0.3, -0.25) is 14.4 Å². The molecule has 0 aromatic rings. The Kier molecular flexibility index (Phi) is 51.5. The van der Waals surface area contributed by atoms with E-state index in [0.29, 0.717) is 19.3 Å². The van der Waals surface area contributed by atoms with Crippen LogP contribution < -0.4 is 0 Å². The average molecular weight is 934 g/mol. The van der Waals surface area contributed by atoms with E-state index in [4.69, 9.17) is 14.2 Å². The minimum atomic E-state index is -0.762. The molecular weight excluding hydrogens is 817 g/mol. The van der Waals surface area contributed by atoms with Gasteiger partial charge in [-0.25, -0.2) is 0 Å². The van der Waals surface area contributed by atoms with Crippen molar-refractivity contribution in [1.29, 1.82) is 0 Å². The minimum absolute atomic E-state index is 0.0625. The molecule has 0 fully saturated rings. The van der Waals surface area contributed by atoms with Gasteiger partial charge in [0.2, 0.25) is 0 Å². The van der Waals surface area contributed by atoms with Crippen LogP contribution in [0.25, 0.3) is 0 Å². The highest BCUT2D eigenvalue weighted by atomic mass is 16.6. The molecule has 0 radical (unpaired) electrons. The molecule has 0 N–H and O–H groups in total. The molecule has 6 nitrogen and oxygen atoms in total. The van der Waals surface area contributed by atoms with E-state index in [2.05, 4.69) is 34.6 Å². The van der Waals surface area contributed by atoms with E-state index in [1.165, 1.54) is 225 Å². The lowest BCUT2D eigenvalue weighted by Crippen LogP contribution is -2.30. The van der Waals surface area contributed by atoms with Crippen LogP contribution in [0.15, 0.2) is 0 Å². The summed E-state index contributed by atoms with van der Waals surface area (Å²) in [6, 6.07) is 0. The number of hydrogen-bond acceptors (Lipinski definition) is 6. The molecule has 1 atom stereocenters. The summed E-state index contributed by atoms with van der Waals surface area (Å²) in [6.07, 6.45) is 56.7. The Hall–Kier alpha value is -1.59. The van der Waals surface area contributed by atoms with E-state index in [-0.39, 0.29) is 31.1 Å². The average Bonchev–Trinajstić information content (AvgIpc) is 3.29. The second kappa shape index (κ2) is 52.8. The first-order chi connectivity index (χ1) is 32.2. The highest BCUT2D eigenvalue weighted by molar-refractivity contribution is 5.71. The topological polar surface area (TPSA) is 78.9 Å². The zero-order valence-electron chi connectivity index (χ0n) is 45.3. The summed E-state index contributed by atoms with van der Waals surface area (Å²) in [6.45, 7) is 11.4. The molecular formula is C60H116O6. The van der Waals surface area contributed by atoms with Gasteiger partial charge in [0.25, 0.3) is 0 Å². The van der Waals surface area contributed by atoms with Gasteiger partial charge in [0, 0.05) is 19.3 Å². The first-order valence-electron chi connectivity index (χ1n) is 29.7. The fraction of sp³-hybridized carbons (Fsp3) is 0.950. The molecule has 0 bridgehead atoms. The zero-order chi connectivity index (χ0) is 48.2. The van der Waals surface area contributed by atoms with Crippen molar-refractivity contribution in [3.8, 4) is 0 Å². The Balaban J connectivity index is 4.23. The summed E-state index contributed by atoms with van der Waals surface area (Å²) in [5, 5.41) is 0. The van der Waals surface area contributed by atoms with Gasteiger partial charge in [-0.15, -0.1) is 0 Å². The fourth-order valence-corrected chi connectivity index (χ4v) is 9.23. The van der Waals surface area contributed by atoms with Gasteiger partial charge in [0.1, 0.15) is 13.2 Å². The predicted octanol–water partition coefficient (Wildman–Crippen LogP) is 19.7. The third-order valence-electron chi connectivity index (χ3n) is 13.7. The summed E-state index contributed by atoms with van der Waals surface area (Å²) >= 11 is 0. The lowest BCUT2D eigenvalue weighted by molar-refractivity contribution is -0.167. The third kappa shape index (κ3) is 53.4. The van der Waals surface area contributed by atoms with E-state index in [9.17, 15) is 14.4 Å². The van der Waals surface area contributed by atoms with Crippen LogP contribution >= 0.6 is 0 Å². The van der Waals surface area contributed by atoms with Crippen molar-refractivity contribution in [2.75, 3.05) is 13.2 Å². The molecule has 0 unspecified atom stereocenters. The monoisotopic (exact) mass is 933 g/mol. The van der Waals surface area contributed by atoms with Crippen LogP contribution in [0.4, 0.5) is 0 Å². The van der Waals surface area contributed by atoms with Gasteiger partial charge in [-0.2, -0.15) is 0 Å². The molecule has 0 aromatic heterocycles. The third-order valence-corrected chi connectivity index (χ3v) is 13.7. The minimum Gasteiger partial charge on any atom is -0.462 e. The van der Waals surface area contributed by atoms with Crippen LogP contribution in [-0.2, 0) is 28.6 Å². The maximum absolute atomic E-state index is 12.9. The summed E-state index contributed by atoms with van der Waals surface area (Å²) in [7, 11) is 0. The summed E-state index contributed by atoms with van der Waals surface area (Å²) in [5.41, 5.74) is 0.